The van der Waals surface area contributed by atoms with Gasteiger partial charge in [0.05, 0.1) is 22.9 Å². The highest BCUT2D eigenvalue weighted by Gasteiger charge is 2.11. The van der Waals surface area contributed by atoms with E-state index in [9.17, 15) is 10.1 Å². The second-order valence-corrected chi connectivity index (χ2v) is 5.42. The minimum atomic E-state index is -0.418. The van der Waals surface area contributed by atoms with Crippen molar-refractivity contribution in [1.82, 2.24) is 0 Å². The number of aliphatic hydroxyl groups excluding tert-OH is 1. The lowest BCUT2D eigenvalue weighted by Gasteiger charge is -2.14. The number of aryl methyl sites for hydroxylation is 2. The van der Waals surface area contributed by atoms with Gasteiger partial charge in [-0.05, 0) is 31.0 Å². The number of rotatable bonds is 7. The van der Waals surface area contributed by atoms with Crippen LogP contribution in [0, 0.1) is 24.0 Å². The molecule has 23 heavy (non-hydrogen) atoms. The van der Waals surface area contributed by atoms with Crippen LogP contribution in [0.5, 0.6) is 0 Å². The zero-order chi connectivity index (χ0) is 16.8. The fourth-order valence-electron chi connectivity index (χ4n) is 2.32. The SMILES string of the molecule is Cc1ccc(C)c(CNc2cc([N+](=O)[O-])ccc2NCCO)c1. The van der Waals surface area contributed by atoms with E-state index in [-0.39, 0.29) is 12.3 Å². The first-order valence-corrected chi connectivity index (χ1v) is 7.44. The monoisotopic (exact) mass is 315 g/mol. The van der Waals surface area contributed by atoms with Crippen molar-refractivity contribution in [2.75, 3.05) is 23.8 Å². The summed E-state index contributed by atoms with van der Waals surface area (Å²) < 4.78 is 0. The predicted molar refractivity (Wildman–Crippen MR) is 91.9 cm³/mol. The molecule has 0 unspecified atom stereocenters. The molecule has 0 saturated heterocycles. The summed E-state index contributed by atoms with van der Waals surface area (Å²) >= 11 is 0. The predicted octanol–water partition coefficient (Wildman–Crippen LogP) is 3.23. The Kier molecular flexibility index (Phi) is 5.54. The molecule has 0 heterocycles. The first kappa shape index (κ1) is 16.8. The lowest BCUT2D eigenvalue weighted by atomic mass is 10.1. The zero-order valence-corrected chi connectivity index (χ0v) is 13.3. The Morgan fingerprint density at radius 3 is 2.57 bits per heavy atom. The van der Waals surface area contributed by atoms with Gasteiger partial charge in [0.15, 0.2) is 0 Å². The Morgan fingerprint density at radius 1 is 1.09 bits per heavy atom. The summed E-state index contributed by atoms with van der Waals surface area (Å²) in [5, 5.41) is 26.2. The maximum atomic E-state index is 11.0. The van der Waals surface area contributed by atoms with Crippen LogP contribution >= 0.6 is 0 Å². The Hall–Kier alpha value is -2.60. The number of non-ortho nitro benzene ring substituents is 1. The van der Waals surface area contributed by atoms with Gasteiger partial charge in [-0.3, -0.25) is 10.1 Å². The molecule has 0 bridgehead atoms. The molecule has 0 aliphatic heterocycles. The molecule has 0 fully saturated rings. The molecule has 6 heteroatoms. The van der Waals surface area contributed by atoms with Gasteiger partial charge in [0.25, 0.3) is 5.69 Å². The molecular weight excluding hydrogens is 294 g/mol. The van der Waals surface area contributed by atoms with Crippen LogP contribution in [-0.2, 0) is 6.54 Å². The van der Waals surface area contributed by atoms with E-state index in [1.165, 1.54) is 23.3 Å². The van der Waals surface area contributed by atoms with Crippen molar-refractivity contribution in [1.29, 1.82) is 0 Å². The molecule has 0 saturated carbocycles. The van der Waals surface area contributed by atoms with Gasteiger partial charge in [-0.2, -0.15) is 0 Å². The summed E-state index contributed by atoms with van der Waals surface area (Å²) in [6, 6.07) is 10.8. The standard InChI is InChI=1S/C17H21N3O3/c1-12-3-4-13(2)14(9-12)11-19-17-10-15(20(22)23)5-6-16(17)18-7-8-21/h3-6,9-10,18-19,21H,7-8,11H2,1-2H3. The molecule has 0 aliphatic carbocycles. The average Bonchev–Trinajstić information content (AvgIpc) is 2.54. The third-order valence-corrected chi connectivity index (χ3v) is 3.62. The average molecular weight is 315 g/mol. The first-order valence-electron chi connectivity index (χ1n) is 7.44. The van der Waals surface area contributed by atoms with Gasteiger partial charge in [0.2, 0.25) is 0 Å². The number of benzene rings is 2. The summed E-state index contributed by atoms with van der Waals surface area (Å²) in [5.41, 5.74) is 4.89. The Labute approximate surface area is 135 Å². The molecule has 6 nitrogen and oxygen atoms in total. The van der Waals surface area contributed by atoms with Crippen LogP contribution in [0.2, 0.25) is 0 Å². The van der Waals surface area contributed by atoms with Gasteiger partial charge in [-0.1, -0.05) is 23.8 Å². The maximum Gasteiger partial charge on any atom is 0.271 e. The number of anilines is 2. The van der Waals surface area contributed by atoms with Crippen LogP contribution in [0.25, 0.3) is 0 Å². The van der Waals surface area contributed by atoms with E-state index in [0.29, 0.717) is 18.8 Å². The molecule has 0 aromatic heterocycles. The van der Waals surface area contributed by atoms with E-state index in [1.54, 1.807) is 6.07 Å². The van der Waals surface area contributed by atoms with Crippen LogP contribution in [-0.4, -0.2) is 23.2 Å². The molecule has 2 aromatic carbocycles. The lowest BCUT2D eigenvalue weighted by molar-refractivity contribution is -0.384. The minimum absolute atomic E-state index is 0.00653. The Balaban J connectivity index is 2.23. The van der Waals surface area contributed by atoms with Crippen LogP contribution < -0.4 is 10.6 Å². The number of nitro groups is 1. The molecule has 0 radical (unpaired) electrons. The number of nitro benzene ring substituents is 1. The van der Waals surface area contributed by atoms with Crippen molar-refractivity contribution in [3.05, 3.63) is 63.2 Å². The summed E-state index contributed by atoms with van der Waals surface area (Å²) in [6.07, 6.45) is 0. The molecule has 2 rings (SSSR count). The maximum absolute atomic E-state index is 11.0. The number of nitrogens with zero attached hydrogens (tertiary/aromatic N) is 1. The topological polar surface area (TPSA) is 87.4 Å². The Bertz CT molecular complexity index is 701. The highest BCUT2D eigenvalue weighted by molar-refractivity contribution is 5.72. The van der Waals surface area contributed by atoms with Crippen molar-refractivity contribution in [3.63, 3.8) is 0 Å². The number of aliphatic hydroxyl groups is 1. The van der Waals surface area contributed by atoms with E-state index >= 15 is 0 Å². The van der Waals surface area contributed by atoms with E-state index < -0.39 is 4.92 Å². The minimum Gasteiger partial charge on any atom is -0.395 e. The number of hydrogen-bond acceptors (Lipinski definition) is 5. The van der Waals surface area contributed by atoms with Gasteiger partial charge < -0.3 is 15.7 Å². The van der Waals surface area contributed by atoms with E-state index in [0.717, 1.165) is 11.3 Å². The highest BCUT2D eigenvalue weighted by Crippen LogP contribution is 2.27. The first-order chi connectivity index (χ1) is 11.0. The largest absolute Gasteiger partial charge is 0.395 e. The summed E-state index contributed by atoms with van der Waals surface area (Å²) in [6.45, 7) is 5.02. The van der Waals surface area contributed by atoms with Crippen LogP contribution in [0.15, 0.2) is 36.4 Å². The smallest absolute Gasteiger partial charge is 0.271 e. The fraction of sp³-hybridized carbons (Fsp3) is 0.294. The van der Waals surface area contributed by atoms with Crippen LogP contribution in [0.1, 0.15) is 16.7 Å². The van der Waals surface area contributed by atoms with Gasteiger partial charge in [0.1, 0.15) is 0 Å². The van der Waals surface area contributed by atoms with Crippen LogP contribution in [0.3, 0.4) is 0 Å². The van der Waals surface area contributed by atoms with Gasteiger partial charge >= 0.3 is 0 Å². The Morgan fingerprint density at radius 2 is 1.87 bits per heavy atom. The van der Waals surface area contributed by atoms with Crippen molar-refractivity contribution in [2.24, 2.45) is 0 Å². The highest BCUT2D eigenvalue weighted by atomic mass is 16.6. The molecule has 0 amide bonds. The van der Waals surface area contributed by atoms with E-state index in [4.69, 9.17) is 5.11 Å². The second kappa shape index (κ2) is 7.60. The fourth-order valence-corrected chi connectivity index (χ4v) is 2.32. The van der Waals surface area contributed by atoms with Crippen molar-refractivity contribution >= 4 is 17.1 Å². The molecule has 122 valence electrons. The lowest BCUT2D eigenvalue weighted by Crippen LogP contribution is -2.09. The molecule has 0 aliphatic rings. The van der Waals surface area contributed by atoms with Gasteiger partial charge in [-0.15, -0.1) is 0 Å². The quantitative estimate of drug-likeness (QED) is 0.539. The summed E-state index contributed by atoms with van der Waals surface area (Å²) in [7, 11) is 0. The van der Waals surface area contributed by atoms with Gasteiger partial charge in [-0.25, -0.2) is 0 Å². The van der Waals surface area contributed by atoms with Crippen molar-refractivity contribution in [3.8, 4) is 0 Å². The molecule has 0 spiro atoms. The molecule has 3 N–H and O–H groups in total. The van der Waals surface area contributed by atoms with Crippen molar-refractivity contribution in [2.45, 2.75) is 20.4 Å². The molecule has 0 atom stereocenters. The number of hydrogen-bond donors (Lipinski definition) is 3. The van der Waals surface area contributed by atoms with E-state index in [1.807, 2.05) is 13.8 Å². The van der Waals surface area contributed by atoms with Gasteiger partial charge in [0, 0.05) is 25.2 Å². The summed E-state index contributed by atoms with van der Waals surface area (Å²) in [4.78, 5) is 10.6. The van der Waals surface area contributed by atoms with Crippen molar-refractivity contribution < 1.29 is 10.0 Å². The van der Waals surface area contributed by atoms with E-state index in [2.05, 4.69) is 28.8 Å². The summed E-state index contributed by atoms with van der Waals surface area (Å²) in [5.74, 6) is 0. The van der Waals surface area contributed by atoms with Crippen LogP contribution in [0.4, 0.5) is 17.1 Å². The third-order valence-electron chi connectivity index (χ3n) is 3.62. The normalized spacial score (nSPS) is 10.4. The third kappa shape index (κ3) is 4.43. The zero-order valence-electron chi connectivity index (χ0n) is 13.3. The molecule has 2 aromatic rings. The molecular formula is C17H21N3O3. The second-order valence-electron chi connectivity index (χ2n) is 5.42. The number of nitrogens with one attached hydrogen (secondary N) is 2.